The first-order valence-electron chi connectivity index (χ1n) is 6.66. The first-order chi connectivity index (χ1) is 7.40. The molecule has 0 bridgehead atoms. The second kappa shape index (κ2) is 6.08. The van der Waals surface area contributed by atoms with Gasteiger partial charge in [-0.15, -0.1) is 0 Å². The van der Waals surface area contributed by atoms with Gasteiger partial charge >= 0.3 is 0 Å². The Morgan fingerprint density at radius 1 is 0.933 bits per heavy atom. The predicted octanol–water partition coefficient (Wildman–Crippen LogP) is 5.08. The molecule has 0 radical (unpaired) electrons. The fourth-order valence-electron chi connectivity index (χ4n) is 3.19. The molecule has 0 amide bonds. The van der Waals surface area contributed by atoms with Crippen molar-refractivity contribution in [3.8, 4) is 0 Å². The summed E-state index contributed by atoms with van der Waals surface area (Å²) in [7, 11) is 0. The molecule has 2 aliphatic rings. The summed E-state index contributed by atoms with van der Waals surface area (Å²) in [5.74, 6) is 1.83. The standard InChI is InChI=1S/C14H23Br/c15-11-14(10-12-6-4-5-7-12)13-8-2-1-3-9-13/h10,12-13H,1-9,11H2/b14-10-. The van der Waals surface area contributed by atoms with Crippen LogP contribution in [-0.4, -0.2) is 5.33 Å². The summed E-state index contributed by atoms with van der Waals surface area (Å²) in [4.78, 5) is 0. The normalized spacial score (nSPS) is 26.1. The molecule has 0 aliphatic heterocycles. The number of halogens is 1. The van der Waals surface area contributed by atoms with Gasteiger partial charge in [-0.2, -0.15) is 0 Å². The van der Waals surface area contributed by atoms with Gasteiger partial charge in [0, 0.05) is 5.33 Å². The number of allylic oxidation sites excluding steroid dienone is 2. The van der Waals surface area contributed by atoms with Gasteiger partial charge in [0.15, 0.2) is 0 Å². The Morgan fingerprint density at radius 3 is 2.13 bits per heavy atom. The van der Waals surface area contributed by atoms with E-state index >= 15 is 0 Å². The zero-order chi connectivity index (χ0) is 10.5. The Labute approximate surface area is 103 Å². The second-order valence-electron chi connectivity index (χ2n) is 5.25. The van der Waals surface area contributed by atoms with Gasteiger partial charge in [0.2, 0.25) is 0 Å². The largest absolute Gasteiger partial charge is 0.0880 e. The van der Waals surface area contributed by atoms with Gasteiger partial charge < -0.3 is 0 Å². The molecule has 0 aromatic heterocycles. The van der Waals surface area contributed by atoms with Crippen LogP contribution in [0.1, 0.15) is 57.8 Å². The zero-order valence-electron chi connectivity index (χ0n) is 9.68. The average Bonchev–Trinajstić information content (AvgIpc) is 2.80. The first-order valence-corrected chi connectivity index (χ1v) is 7.79. The topological polar surface area (TPSA) is 0 Å². The monoisotopic (exact) mass is 270 g/mol. The van der Waals surface area contributed by atoms with Crippen molar-refractivity contribution in [2.45, 2.75) is 57.8 Å². The fraction of sp³-hybridized carbons (Fsp3) is 0.857. The molecular weight excluding hydrogens is 248 g/mol. The minimum atomic E-state index is 0.915. The third-order valence-electron chi connectivity index (χ3n) is 4.13. The molecular formula is C14H23Br. The molecule has 86 valence electrons. The summed E-state index contributed by atoms with van der Waals surface area (Å²) in [6.07, 6.45) is 15.7. The van der Waals surface area contributed by atoms with Crippen LogP contribution in [0.25, 0.3) is 0 Å². The predicted molar refractivity (Wildman–Crippen MR) is 70.4 cm³/mol. The van der Waals surface area contributed by atoms with Crippen LogP contribution in [0.4, 0.5) is 0 Å². The maximum Gasteiger partial charge on any atom is 0.0244 e. The lowest BCUT2D eigenvalue weighted by atomic mass is 9.83. The highest BCUT2D eigenvalue weighted by Gasteiger charge is 2.19. The SMILES string of the molecule is BrC/C(=C/C1CCCC1)C1CCCCC1. The lowest BCUT2D eigenvalue weighted by Gasteiger charge is -2.24. The van der Waals surface area contributed by atoms with Crippen molar-refractivity contribution in [3.63, 3.8) is 0 Å². The Morgan fingerprint density at radius 2 is 1.53 bits per heavy atom. The van der Waals surface area contributed by atoms with Gasteiger partial charge in [-0.05, 0) is 37.5 Å². The third kappa shape index (κ3) is 3.34. The Balaban J connectivity index is 1.94. The summed E-state index contributed by atoms with van der Waals surface area (Å²) < 4.78 is 0. The maximum atomic E-state index is 3.69. The Bertz CT molecular complexity index is 207. The molecule has 2 rings (SSSR count). The summed E-state index contributed by atoms with van der Waals surface area (Å²) in [5, 5.41) is 1.12. The van der Waals surface area contributed by atoms with Crippen molar-refractivity contribution in [1.29, 1.82) is 0 Å². The Hall–Kier alpha value is 0.220. The number of alkyl halides is 1. The zero-order valence-corrected chi connectivity index (χ0v) is 11.3. The summed E-state index contributed by atoms with van der Waals surface area (Å²) in [6, 6.07) is 0. The average molecular weight is 271 g/mol. The minimum Gasteiger partial charge on any atom is -0.0880 e. The third-order valence-corrected chi connectivity index (χ3v) is 4.78. The highest BCUT2D eigenvalue weighted by atomic mass is 79.9. The molecule has 1 heteroatoms. The number of hydrogen-bond donors (Lipinski definition) is 0. The Kier molecular flexibility index (Phi) is 4.74. The second-order valence-corrected chi connectivity index (χ2v) is 5.82. The van der Waals surface area contributed by atoms with E-state index in [0.29, 0.717) is 0 Å². The molecule has 0 atom stereocenters. The summed E-state index contributed by atoms with van der Waals surface area (Å²) in [5.41, 5.74) is 1.72. The molecule has 0 unspecified atom stereocenters. The lowest BCUT2D eigenvalue weighted by Crippen LogP contribution is -2.11. The van der Waals surface area contributed by atoms with E-state index in [1.165, 1.54) is 57.8 Å². The lowest BCUT2D eigenvalue weighted by molar-refractivity contribution is 0.401. The van der Waals surface area contributed by atoms with Crippen molar-refractivity contribution in [3.05, 3.63) is 11.6 Å². The molecule has 15 heavy (non-hydrogen) atoms. The van der Waals surface area contributed by atoms with Gasteiger partial charge in [-0.25, -0.2) is 0 Å². The molecule has 0 aromatic rings. The minimum absolute atomic E-state index is 0.915. The fourth-order valence-corrected chi connectivity index (χ4v) is 3.83. The molecule has 0 N–H and O–H groups in total. The maximum absolute atomic E-state index is 3.69. The molecule has 0 heterocycles. The highest BCUT2D eigenvalue weighted by Crippen LogP contribution is 2.34. The summed E-state index contributed by atoms with van der Waals surface area (Å²) in [6.45, 7) is 0. The van der Waals surface area contributed by atoms with E-state index < -0.39 is 0 Å². The number of rotatable bonds is 3. The van der Waals surface area contributed by atoms with E-state index in [0.717, 1.165) is 17.2 Å². The van der Waals surface area contributed by atoms with Crippen molar-refractivity contribution in [2.75, 3.05) is 5.33 Å². The molecule has 2 fully saturated rings. The van der Waals surface area contributed by atoms with Crippen LogP contribution in [0.2, 0.25) is 0 Å². The van der Waals surface area contributed by atoms with Crippen molar-refractivity contribution in [2.24, 2.45) is 11.8 Å². The van der Waals surface area contributed by atoms with Crippen LogP contribution in [0.3, 0.4) is 0 Å². The van der Waals surface area contributed by atoms with Gasteiger partial charge in [-0.1, -0.05) is 59.7 Å². The van der Waals surface area contributed by atoms with Gasteiger partial charge in [-0.3, -0.25) is 0 Å². The molecule has 2 aliphatic carbocycles. The molecule has 0 nitrogen and oxygen atoms in total. The van der Waals surface area contributed by atoms with E-state index in [9.17, 15) is 0 Å². The van der Waals surface area contributed by atoms with Crippen LogP contribution >= 0.6 is 15.9 Å². The van der Waals surface area contributed by atoms with Crippen molar-refractivity contribution < 1.29 is 0 Å². The van der Waals surface area contributed by atoms with Gasteiger partial charge in [0.25, 0.3) is 0 Å². The quantitative estimate of drug-likeness (QED) is 0.496. The molecule has 2 saturated carbocycles. The highest BCUT2D eigenvalue weighted by molar-refractivity contribution is 9.09. The van der Waals surface area contributed by atoms with E-state index in [1.54, 1.807) is 5.57 Å². The van der Waals surface area contributed by atoms with Crippen molar-refractivity contribution in [1.82, 2.24) is 0 Å². The van der Waals surface area contributed by atoms with Crippen LogP contribution in [0, 0.1) is 11.8 Å². The van der Waals surface area contributed by atoms with E-state index in [1.807, 2.05) is 0 Å². The first kappa shape index (κ1) is 11.7. The smallest absolute Gasteiger partial charge is 0.0244 e. The summed E-state index contributed by atoms with van der Waals surface area (Å²) >= 11 is 3.69. The van der Waals surface area contributed by atoms with Gasteiger partial charge in [0.05, 0.1) is 0 Å². The molecule has 0 aromatic carbocycles. The molecule has 0 saturated heterocycles. The van der Waals surface area contributed by atoms with E-state index in [-0.39, 0.29) is 0 Å². The van der Waals surface area contributed by atoms with Gasteiger partial charge in [0.1, 0.15) is 0 Å². The van der Waals surface area contributed by atoms with Crippen LogP contribution in [0.5, 0.6) is 0 Å². The molecule has 0 spiro atoms. The van der Waals surface area contributed by atoms with E-state index in [2.05, 4.69) is 22.0 Å². The van der Waals surface area contributed by atoms with Crippen molar-refractivity contribution >= 4 is 15.9 Å². The van der Waals surface area contributed by atoms with Crippen LogP contribution in [-0.2, 0) is 0 Å². The van der Waals surface area contributed by atoms with E-state index in [4.69, 9.17) is 0 Å². The van der Waals surface area contributed by atoms with Crippen LogP contribution in [0.15, 0.2) is 11.6 Å². The number of hydrogen-bond acceptors (Lipinski definition) is 0. The van der Waals surface area contributed by atoms with Crippen LogP contribution < -0.4 is 0 Å².